The maximum atomic E-state index is 2.48. The minimum absolute atomic E-state index is 1.12. The van der Waals surface area contributed by atoms with Crippen LogP contribution in [0.2, 0.25) is 0 Å². The minimum Gasteiger partial charge on any atom is -0.311 e. The van der Waals surface area contributed by atoms with Crippen LogP contribution in [-0.2, 0) is 0 Å². The molecule has 0 spiro atoms. The number of aromatic nitrogens is 4. The van der Waals surface area contributed by atoms with E-state index < -0.39 is 0 Å². The zero-order valence-electron chi connectivity index (χ0n) is 66.4. The summed E-state index contributed by atoms with van der Waals surface area (Å²) in [6, 6.07) is 164. The van der Waals surface area contributed by atoms with Crippen molar-refractivity contribution in [1.82, 2.24) is 18.3 Å². The molecule has 6 nitrogen and oxygen atoms in total. The van der Waals surface area contributed by atoms with Crippen molar-refractivity contribution < 1.29 is 0 Å². The molecule has 0 amide bonds. The first-order chi connectivity index (χ1) is 60.6. The lowest BCUT2D eigenvalue weighted by molar-refractivity contribution is 1.15. The molecule has 26 rings (SSSR count). The lowest BCUT2D eigenvalue weighted by Crippen LogP contribution is -2.09. The Labute approximate surface area is 703 Å². The average molecular weight is 1550 g/mol. The summed E-state index contributed by atoms with van der Waals surface area (Å²) in [6.07, 6.45) is 0. The molecule has 0 radical (unpaired) electrons. The highest BCUT2D eigenvalue weighted by Crippen LogP contribution is 2.50. The number of benzene rings is 22. The van der Waals surface area contributed by atoms with Gasteiger partial charge in [-0.25, -0.2) is 0 Å². The largest absolute Gasteiger partial charge is 0.311 e. The first-order valence-corrected chi connectivity index (χ1v) is 42.0. The second kappa shape index (κ2) is 27.7. The van der Waals surface area contributed by atoms with Gasteiger partial charge in [-0.2, -0.15) is 0 Å². The van der Waals surface area contributed by atoms with E-state index in [2.05, 4.69) is 477 Å². The molecule has 0 N–H and O–H groups in total. The second-order valence-electron chi connectivity index (χ2n) is 32.2. The Hall–Kier alpha value is -16.3. The predicted molar refractivity (Wildman–Crippen MR) is 518 cm³/mol. The Kier molecular flexibility index (Phi) is 15.6. The quantitative estimate of drug-likeness (QED) is 0.114. The number of para-hydroxylation sites is 10. The van der Waals surface area contributed by atoms with Gasteiger partial charge in [0, 0.05) is 100.0 Å². The van der Waals surface area contributed by atoms with Gasteiger partial charge in [0.1, 0.15) is 0 Å². The van der Waals surface area contributed by atoms with Crippen molar-refractivity contribution in [2.75, 3.05) is 9.80 Å². The number of fused-ring (bicyclic) bond motifs is 14. The number of anilines is 6. The second-order valence-corrected chi connectivity index (χ2v) is 32.2. The fraction of sp³-hybridized carbons (Fsp3) is 0. The van der Waals surface area contributed by atoms with Crippen molar-refractivity contribution >= 4 is 186 Å². The van der Waals surface area contributed by atoms with Gasteiger partial charge in [0.15, 0.2) is 0 Å². The highest BCUT2D eigenvalue weighted by Gasteiger charge is 2.26. The Morgan fingerprint density at radius 3 is 0.811 bits per heavy atom. The summed E-state index contributed by atoms with van der Waals surface area (Å²) < 4.78 is 9.71. The molecule has 568 valence electrons. The van der Waals surface area contributed by atoms with E-state index in [-0.39, 0.29) is 0 Å². The number of rotatable bonds is 12. The summed E-state index contributed by atoms with van der Waals surface area (Å²) in [5.41, 5.74) is 26.0. The van der Waals surface area contributed by atoms with Gasteiger partial charge in [0.25, 0.3) is 0 Å². The summed E-state index contributed by atoms with van der Waals surface area (Å²) in [5.74, 6) is 0. The molecule has 26 aromatic rings. The zero-order chi connectivity index (χ0) is 80.0. The van der Waals surface area contributed by atoms with E-state index in [0.717, 1.165) is 51.2 Å². The highest BCUT2D eigenvalue weighted by atomic mass is 15.1. The van der Waals surface area contributed by atoms with Crippen molar-refractivity contribution in [3.63, 3.8) is 0 Å². The maximum Gasteiger partial charge on any atom is 0.0553 e. The van der Waals surface area contributed by atoms with Gasteiger partial charge >= 0.3 is 0 Å². The van der Waals surface area contributed by atoms with Crippen LogP contribution in [0, 0.1) is 0 Å². The molecule has 0 bridgehead atoms. The normalized spacial score (nSPS) is 11.9. The molecule has 0 atom stereocenters. The molecule has 0 aliphatic carbocycles. The topological polar surface area (TPSA) is 26.2 Å². The lowest BCUT2D eigenvalue weighted by Gasteiger charge is -2.25. The minimum atomic E-state index is 1.12. The molecule has 0 aliphatic rings. The molecule has 122 heavy (non-hydrogen) atoms. The van der Waals surface area contributed by atoms with Gasteiger partial charge in [-0.3, -0.25) is 0 Å². The fourth-order valence-corrected chi connectivity index (χ4v) is 20.4. The monoisotopic (exact) mass is 1550 g/mol. The standard InChI is InChI=1S/2C58H37N3/c1-4-14-41(15-5-1)59(42-16-6-2-7-17-42)44-29-26-38(27-30-44)46-32-28-39-24-25-40-36-55-58(50-34-33-48(46)56(39)57(40)50)49-21-11-13-23-53(49)61(55)45-31-35-54-51(37-45)47-20-10-12-22-52(47)60(54)43-18-8-3-9-19-43;1-3-13-41(14-4-1)59(42-15-5-2-6-16-42)43-28-25-38(26-29-43)46-34-27-39-23-24-40-37-55-58(51-36-35-49(46)56(39)57(40)51)50-19-9-12-22-54(50)61(55)45-32-30-44(31-33-45)60-52-20-10-7-17-47(52)48-18-8-11-21-53(48)60/h2*1-37H. The summed E-state index contributed by atoms with van der Waals surface area (Å²) >= 11 is 0. The molecule has 0 saturated heterocycles. The molecular formula is C116H74N6. The molecular weight excluding hydrogens is 1480 g/mol. The van der Waals surface area contributed by atoms with Crippen LogP contribution in [0.25, 0.3) is 197 Å². The zero-order valence-corrected chi connectivity index (χ0v) is 66.4. The van der Waals surface area contributed by atoms with E-state index in [4.69, 9.17) is 0 Å². The Morgan fingerprint density at radius 1 is 0.139 bits per heavy atom. The van der Waals surface area contributed by atoms with Crippen LogP contribution in [0.5, 0.6) is 0 Å². The van der Waals surface area contributed by atoms with Gasteiger partial charge < -0.3 is 28.1 Å². The van der Waals surface area contributed by atoms with Gasteiger partial charge in [0.05, 0.1) is 44.1 Å². The Balaban J connectivity index is 0.000000134. The van der Waals surface area contributed by atoms with Gasteiger partial charge in [0.2, 0.25) is 0 Å². The van der Waals surface area contributed by atoms with Crippen LogP contribution >= 0.6 is 0 Å². The third kappa shape index (κ3) is 10.7. The van der Waals surface area contributed by atoms with Crippen LogP contribution < -0.4 is 9.80 Å². The molecule has 0 saturated carbocycles. The van der Waals surface area contributed by atoms with Crippen LogP contribution in [-0.4, -0.2) is 18.3 Å². The van der Waals surface area contributed by atoms with E-state index in [1.807, 2.05) is 0 Å². The average Bonchev–Trinajstić information content (AvgIpc) is 1.52. The number of hydrogen-bond acceptors (Lipinski definition) is 2. The van der Waals surface area contributed by atoms with Crippen molar-refractivity contribution in [2.45, 2.75) is 0 Å². The Morgan fingerprint density at radius 2 is 0.410 bits per heavy atom. The van der Waals surface area contributed by atoms with Crippen molar-refractivity contribution in [1.29, 1.82) is 0 Å². The number of nitrogens with zero attached hydrogens (tertiary/aromatic N) is 6. The van der Waals surface area contributed by atoms with E-state index in [1.54, 1.807) is 0 Å². The number of hydrogen-bond donors (Lipinski definition) is 0. The van der Waals surface area contributed by atoms with Crippen molar-refractivity contribution in [3.05, 3.63) is 449 Å². The Bertz CT molecular complexity index is 8450. The van der Waals surface area contributed by atoms with Gasteiger partial charge in [-0.05, 0) is 257 Å². The molecule has 0 fully saturated rings. The van der Waals surface area contributed by atoms with Gasteiger partial charge in [-0.1, -0.05) is 279 Å². The maximum absolute atomic E-state index is 2.48. The smallest absolute Gasteiger partial charge is 0.0553 e. The van der Waals surface area contributed by atoms with Crippen molar-refractivity contribution in [3.8, 4) is 45.0 Å². The first-order valence-electron chi connectivity index (χ1n) is 42.0. The van der Waals surface area contributed by atoms with E-state index in [9.17, 15) is 0 Å². The van der Waals surface area contributed by atoms with E-state index in [1.165, 1.54) is 180 Å². The van der Waals surface area contributed by atoms with E-state index in [0.29, 0.717) is 0 Å². The molecule has 6 heteroatoms. The molecule has 22 aromatic carbocycles. The van der Waals surface area contributed by atoms with Crippen LogP contribution in [0.15, 0.2) is 449 Å². The molecule has 4 aromatic heterocycles. The first kappa shape index (κ1) is 68.9. The highest BCUT2D eigenvalue weighted by molar-refractivity contribution is 6.36. The van der Waals surface area contributed by atoms with Crippen LogP contribution in [0.4, 0.5) is 34.1 Å². The van der Waals surface area contributed by atoms with Crippen LogP contribution in [0.3, 0.4) is 0 Å². The van der Waals surface area contributed by atoms with Gasteiger partial charge in [-0.15, -0.1) is 0 Å². The predicted octanol–water partition coefficient (Wildman–Crippen LogP) is 31.8. The summed E-state index contributed by atoms with van der Waals surface area (Å²) in [5, 5.41) is 25.6. The lowest BCUT2D eigenvalue weighted by atomic mass is 9.88. The fourth-order valence-electron chi connectivity index (χ4n) is 20.4. The van der Waals surface area contributed by atoms with E-state index >= 15 is 0 Å². The molecule has 0 unspecified atom stereocenters. The third-order valence-electron chi connectivity index (χ3n) is 25.6. The summed E-state index contributed by atoms with van der Waals surface area (Å²) in [4.78, 5) is 4.63. The molecule has 4 heterocycles. The SMILES string of the molecule is c1ccc(N(c2ccccc2)c2ccc(-c3ccc4ccc5cc6c(c7ccc3c4c57)c3ccccc3n6-c3ccc(-n4c5ccccc5c5ccccc54)cc3)cc2)cc1.c1ccc(N(c2ccccc2)c2ccc(-c3ccc4ccc5cc6c(c7ccc3c4c57)c3ccccc3n6-c3ccc4c(c3)c3ccccc3n4-c3ccccc3)cc2)cc1. The van der Waals surface area contributed by atoms with Crippen molar-refractivity contribution in [2.24, 2.45) is 0 Å². The molecule has 0 aliphatic heterocycles. The summed E-state index contributed by atoms with van der Waals surface area (Å²) in [7, 11) is 0. The summed E-state index contributed by atoms with van der Waals surface area (Å²) in [6.45, 7) is 0. The van der Waals surface area contributed by atoms with Crippen LogP contribution in [0.1, 0.15) is 0 Å². The third-order valence-corrected chi connectivity index (χ3v) is 25.6.